The van der Waals surface area contributed by atoms with Gasteiger partial charge in [0, 0.05) is 33.4 Å². The molecular formula is C24H17Cl4N3O2. The van der Waals surface area contributed by atoms with Crippen LogP contribution in [0.15, 0.2) is 72.9 Å². The highest BCUT2D eigenvalue weighted by Gasteiger charge is 2.12. The van der Waals surface area contributed by atoms with E-state index in [4.69, 9.17) is 51.1 Å². The molecule has 5 nitrogen and oxygen atoms in total. The third-order valence-electron chi connectivity index (χ3n) is 4.76. The fourth-order valence-corrected chi connectivity index (χ4v) is 3.97. The van der Waals surface area contributed by atoms with E-state index in [2.05, 4.69) is 10.4 Å². The molecule has 1 heterocycles. The fraction of sp³-hybridized carbons (Fsp3) is 0.0833. The summed E-state index contributed by atoms with van der Waals surface area (Å²) in [5, 5.41) is 9.06. The molecule has 4 rings (SSSR count). The molecule has 3 aromatic carbocycles. The molecule has 1 N–H and O–H groups in total. The lowest BCUT2D eigenvalue weighted by Gasteiger charge is -2.10. The fourth-order valence-electron chi connectivity index (χ4n) is 3.11. The van der Waals surface area contributed by atoms with Crippen LogP contribution in [-0.2, 0) is 13.2 Å². The summed E-state index contributed by atoms with van der Waals surface area (Å²) in [6.07, 6.45) is 1.74. The Bertz CT molecular complexity index is 1290. The molecule has 0 fully saturated rings. The molecule has 0 aliphatic rings. The summed E-state index contributed by atoms with van der Waals surface area (Å²) in [5.74, 6) is 0.595. The lowest BCUT2D eigenvalue weighted by molar-refractivity contribution is 0.102. The molecule has 33 heavy (non-hydrogen) atoms. The minimum absolute atomic E-state index is 0.231. The Morgan fingerprint density at radius 1 is 0.909 bits per heavy atom. The number of carbonyl (C=O) groups is 1. The van der Waals surface area contributed by atoms with Gasteiger partial charge in [-0.15, -0.1) is 0 Å². The zero-order valence-corrected chi connectivity index (χ0v) is 20.1. The summed E-state index contributed by atoms with van der Waals surface area (Å²) in [6, 6.07) is 19.3. The smallest absolute Gasteiger partial charge is 0.256 e. The first-order valence-electron chi connectivity index (χ1n) is 9.84. The van der Waals surface area contributed by atoms with Crippen molar-refractivity contribution in [3.8, 4) is 5.75 Å². The Labute approximate surface area is 210 Å². The first-order valence-corrected chi connectivity index (χ1v) is 11.4. The van der Waals surface area contributed by atoms with Crippen LogP contribution >= 0.6 is 46.4 Å². The monoisotopic (exact) mass is 519 g/mol. The van der Waals surface area contributed by atoms with Crippen molar-refractivity contribution in [1.29, 1.82) is 0 Å². The van der Waals surface area contributed by atoms with Crippen molar-refractivity contribution in [3.63, 3.8) is 0 Å². The minimum Gasteiger partial charge on any atom is -0.487 e. The van der Waals surface area contributed by atoms with Gasteiger partial charge in [-0.3, -0.25) is 9.48 Å². The van der Waals surface area contributed by atoms with Crippen LogP contribution in [0.2, 0.25) is 20.1 Å². The van der Waals surface area contributed by atoms with Crippen LogP contribution in [-0.4, -0.2) is 15.7 Å². The first-order chi connectivity index (χ1) is 15.9. The number of hydrogen-bond acceptors (Lipinski definition) is 3. The predicted octanol–water partition coefficient (Wildman–Crippen LogP) is 7.38. The predicted molar refractivity (Wildman–Crippen MR) is 133 cm³/mol. The molecular weight excluding hydrogens is 504 g/mol. The highest BCUT2D eigenvalue weighted by Crippen LogP contribution is 2.32. The third-order valence-corrected chi connectivity index (χ3v) is 6.27. The second-order valence-corrected chi connectivity index (χ2v) is 8.69. The van der Waals surface area contributed by atoms with Gasteiger partial charge in [-0.05, 0) is 42.0 Å². The van der Waals surface area contributed by atoms with Gasteiger partial charge in [0.1, 0.15) is 17.4 Å². The molecule has 168 valence electrons. The van der Waals surface area contributed by atoms with E-state index in [0.717, 1.165) is 11.1 Å². The molecule has 0 aliphatic heterocycles. The van der Waals surface area contributed by atoms with Crippen molar-refractivity contribution in [2.75, 3.05) is 5.32 Å². The SMILES string of the molecule is O=C(Nc1ccn(Cc2c(Cl)cccc2Cl)n1)c1cccc(COc2cccc(Cl)c2Cl)c1. The molecule has 0 saturated carbocycles. The second-order valence-electron chi connectivity index (χ2n) is 7.09. The molecule has 1 aromatic heterocycles. The van der Waals surface area contributed by atoms with Crippen molar-refractivity contribution in [3.05, 3.63) is 110 Å². The van der Waals surface area contributed by atoms with Crippen LogP contribution in [0.1, 0.15) is 21.5 Å². The van der Waals surface area contributed by atoms with Crippen LogP contribution in [0.3, 0.4) is 0 Å². The zero-order valence-electron chi connectivity index (χ0n) is 17.1. The van der Waals surface area contributed by atoms with Crippen molar-refractivity contribution in [2.45, 2.75) is 13.2 Å². The third kappa shape index (κ3) is 5.81. The van der Waals surface area contributed by atoms with E-state index in [1.54, 1.807) is 71.5 Å². The number of carbonyl (C=O) groups excluding carboxylic acids is 1. The molecule has 0 unspecified atom stereocenters. The average molecular weight is 521 g/mol. The first kappa shape index (κ1) is 23.5. The van der Waals surface area contributed by atoms with E-state index in [0.29, 0.717) is 43.8 Å². The zero-order chi connectivity index (χ0) is 23.4. The van der Waals surface area contributed by atoms with E-state index in [1.165, 1.54) is 0 Å². The van der Waals surface area contributed by atoms with Gasteiger partial charge in [0.15, 0.2) is 5.82 Å². The summed E-state index contributed by atoms with van der Waals surface area (Å²) in [4.78, 5) is 12.7. The van der Waals surface area contributed by atoms with E-state index in [1.807, 2.05) is 6.07 Å². The molecule has 4 aromatic rings. The Morgan fingerprint density at radius 2 is 1.61 bits per heavy atom. The van der Waals surface area contributed by atoms with Crippen molar-refractivity contribution in [1.82, 2.24) is 9.78 Å². The maximum atomic E-state index is 12.7. The molecule has 0 aliphatic carbocycles. The highest BCUT2D eigenvalue weighted by molar-refractivity contribution is 6.42. The number of rotatable bonds is 7. The molecule has 0 saturated heterocycles. The number of halogens is 4. The molecule has 1 amide bonds. The topological polar surface area (TPSA) is 56.2 Å². The maximum absolute atomic E-state index is 12.7. The van der Waals surface area contributed by atoms with Crippen molar-refractivity contribution >= 4 is 58.1 Å². The van der Waals surface area contributed by atoms with E-state index >= 15 is 0 Å². The van der Waals surface area contributed by atoms with Crippen LogP contribution in [0.4, 0.5) is 5.82 Å². The van der Waals surface area contributed by atoms with Crippen LogP contribution in [0, 0.1) is 0 Å². The molecule has 0 radical (unpaired) electrons. The van der Waals surface area contributed by atoms with Crippen molar-refractivity contribution < 1.29 is 9.53 Å². The quantitative estimate of drug-likeness (QED) is 0.276. The van der Waals surface area contributed by atoms with Gasteiger partial charge in [-0.25, -0.2) is 0 Å². The summed E-state index contributed by atoms with van der Waals surface area (Å²) in [5.41, 5.74) is 2.03. The van der Waals surface area contributed by atoms with Crippen molar-refractivity contribution in [2.24, 2.45) is 0 Å². The number of benzene rings is 3. The largest absolute Gasteiger partial charge is 0.487 e. The molecule has 0 bridgehead atoms. The summed E-state index contributed by atoms with van der Waals surface area (Å²) in [6.45, 7) is 0.613. The van der Waals surface area contributed by atoms with Gasteiger partial charge < -0.3 is 10.1 Å². The van der Waals surface area contributed by atoms with Gasteiger partial charge in [-0.2, -0.15) is 5.10 Å². The number of nitrogens with zero attached hydrogens (tertiary/aromatic N) is 2. The Kier molecular flexibility index (Phi) is 7.46. The highest BCUT2D eigenvalue weighted by atomic mass is 35.5. The Balaban J connectivity index is 1.40. The van der Waals surface area contributed by atoms with Crippen LogP contribution in [0.25, 0.3) is 0 Å². The van der Waals surface area contributed by atoms with Crippen LogP contribution < -0.4 is 10.1 Å². The Morgan fingerprint density at radius 3 is 2.39 bits per heavy atom. The summed E-state index contributed by atoms with van der Waals surface area (Å²) >= 11 is 24.6. The standard InChI is InChI=1S/C24H17Cl4N3O2/c25-18-6-2-7-19(26)17(18)13-31-11-10-22(30-31)29-24(32)16-5-1-4-15(12-16)14-33-21-9-3-8-20(27)23(21)28/h1-12H,13-14H2,(H,29,30,32). The number of nitrogens with one attached hydrogen (secondary N) is 1. The van der Waals surface area contributed by atoms with Gasteiger partial charge in [0.05, 0.1) is 11.6 Å². The molecule has 0 spiro atoms. The normalized spacial score (nSPS) is 10.8. The number of anilines is 1. The van der Waals surface area contributed by atoms with E-state index in [-0.39, 0.29) is 12.5 Å². The van der Waals surface area contributed by atoms with E-state index in [9.17, 15) is 4.79 Å². The summed E-state index contributed by atoms with van der Waals surface area (Å²) < 4.78 is 7.41. The summed E-state index contributed by atoms with van der Waals surface area (Å²) in [7, 11) is 0. The van der Waals surface area contributed by atoms with E-state index < -0.39 is 0 Å². The van der Waals surface area contributed by atoms with Crippen LogP contribution in [0.5, 0.6) is 5.75 Å². The van der Waals surface area contributed by atoms with Gasteiger partial charge >= 0.3 is 0 Å². The average Bonchev–Trinajstić information content (AvgIpc) is 3.24. The number of ether oxygens (including phenoxy) is 1. The van der Waals surface area contributed by atoms with Gasteiger partial charge in [-0.1, -0.05) is 70.7 Å². The van der Waals surface area contributed by atoms with Gasteiger partial charge in [0.2, 0.25) is 0 Å². The number of hydrogen-bond donors (Lipinski definition) is 1. The number of aromatic nitrogens is 2. The Hall–Kier alpha value is -2.70. The molecule has 0 atom stereocenters. The lowest BCUT2D eigenvalue weighted by Crippen LogP contribution is -2.13. The lowest BCUT2D eigenvalue weighted by atomic mass is 10.1. The van der Waals surface area contributed by atoms with Gasteiger partial charge in [0.25, 0.3) is 5.91 Å². The number of amides is 1. The maximum Gasteiger partial charge on any atom is 0.256 e. The molecule has 9 heteroatoms. The minimum atomic E-state index is -0.293. The second kappa shape index (κ2) is 10.5.